The Morgan fingerprint density at radius 2 is 2.27 bits per heavy atom. The van der Waals surface area contributed by atoms with Gasteiger partial charge in [0.2, 0.25) is 0 Å². The summed E-state index contributed by atoms with van der Waals surface area (Å²) in [5.74, 6) is 0.361. The molecule has 3 heteroatoms. The van der Waals surface area contributed by atoms with Crippen LogP contribution in [0.1, 0.15) is 12.8 Å². The molecule has 0 aromatic rings. The molecule has 2 aliphatic rings. The molecule has 1 N–H and O–H groups in total. The summed E-state index contributed by atoms with van der Waals surface area (Å²) in [5.41, 5.74) is 0. The Morgan fingerprint density at radius 1 is 1.55 bits per heavy atom. The van der Waals surface area contributed by atoms with Crippen molar-refractivity contribution in [3.05, 3.63) is 12.2 Å². The molecule has 0 aromatic heterocycles. The number of ketones is 1. The largest absolute Gasteiger partial charge is 0.365 e. The highest BCUT2D eigenvalue weighted by Crippen LogP contribution is 2.36. The van der Waals surface area contributed by atoms with Gasteiger partial charge in [0, 0.05) is 0 Å². The quantitative estimate of drug-likeness (QED) is 0.588. The van der Waals surface area contributed by atoms with Crippen molar-refractivity contribution in [1.82, 2.24) is 0 Å². The normalized spacial score (nSPS) is 37.7. The molecule has 1 heterocycles. The molecule has 1 aliphatic heterocycles. The maximum Gasteiger partial charge on any atom is 0.184 e. The van der Waals surface area contributed by atoms with Crippen molar-refractivity contribution in [2.75, 3.05) is 0 Å². The first-order valence-electron chi connectivity index (χ1n) is 3.83. The standard InChI is InChI=1S/C8H10O3/c9-6-3-4-7(10)11-8(6)5-1-2-5/h3-5,7-8,10H,1-2H2. The van der Waals surface area contributed by atoms with Gasteiger partial charge in [0.15, 0.2) is 12.1 Å². The Balaban J connectivity index is 2.08. The fourth-order valence-corrected chi connectivity index (χ4v) is 1.28. The minimum absolute atomic E-state index is 0.00204. The number of aliphatic hydroxyl groups is 1. The number of carbonyl (C=O) groups excluding carboxylic acids is 1. The van der Waals surface area contributed by atoms with Crippen molar-refractivity contribution in [1.29, 1.82) is 0 Å². The van der Waals surface area contributed by atoms with Gasteiger partial charge in [-0.05, 0) is 30.9 Å². The van der Waals surface area contributed by atoms with E-state index in [0.717, 1.165) is 12.8 Å². The second kappa shape index (κ2) is 2.43. The lowest BCUT2D eigenvalue weighted by Crippen LogP contribution is -2.33. The third-order valence-corrected chi connectivity index (χ3v) is 2.04. The number of rotatable bonds is 1. The maximum atomic E-state index is 11.1. The molecule has 1 fully saturated rings. The summed E-state index contributed by atoms with van der Waals surface area (Å²) >= 11 is 0. The van der Waals surface area contributed by atoms with Gasteiger partial charge in [-0.15, -0.1) is 0 Å². The summed E-state index contributed by atoms with van der Waals surface area (Å²) < 4.78 is 5.04. The average molecular weight is 154 g/mol. The topological polar surface area (TPSA) is 46.5 Å². The summed E-state index contributed by atoms with van der Waals surface area (Å²) in [4.78, 5) is 11.1. The van der Waals surface area contributed by atoms with Crippen LogP contribution in [0.2, 0.25) is 0 Å². The third-order valence-electron chi connectivity index (χ3n) is 2.04. The number of hydrogen-bond acceptors (Lipinski definition) is 3. The van der Waals surface area contributed by atoms with E-state index < -0.39 is 6.29 Å². The van der Waals surface area contributed by atoms with Crippen LogP contribution >= 0.6 is 0 Å². The van der Waals surface area contributed by atoms with Crippen LogP contribution in [0.25, 0.3) is 0 Å². The van der Waals surface area contributed by atoms with Gasteiger partial charge < -0.3 is 9.84 Å². The lowest BCUT2D eigenvalue weighted by atomic mass is 10.1. The highest BCUT2D eigenvalue weighted by molar-refractivity contribution is 5.94. The Labute approximate surface area is 64.7 Å². The monoisotopic (exact) mass is 154 g/mol. The van der Waals surface area contributed by atoms with E-state index in [0.29, 0.717) is 5.92 Å². The molecule has 0 aromatic carbocycles. The van der Waals surface area contributed by atoms with E-state index in [1.807, 2.05) is 0 Å². The molecule has 0 bridgehead atoms. The second-order valence-corrected chi connectivity index (χ2v) is 3.05. The first-order valence-corrected chi connectivity index (χ1v) is 3.83. The average Bonchev–Trinajstić information content (AvgIpc) is 2.76. The van der Waals surface area contributed by atoms with Crippen molar-refractivity contribution in [2.45, 2.75) is 25.2 Å². The van der Waals surface area contributed by atoms with Gasteiger partial charge in [-0.1, -0.05) is 0 Å². The lowest BCUT2D eigenvalue weighted by Gasteiger charge is -2.20. The molecule has 0 radical (unpaired) electrons. The fourth-order valence-electron chi connectivity index (χ4n) is 1.28. The first-order chi connectivity index (χ1) is 5.27. The van der Waals surface area contributed by atoms with Gasteiger partial charge in [0.1, 0.15) is 6.10 Å². The van der Waals surface area contributed by atoms with Crippen LogP contribution in [0, 0.1) is 5.92 Å². The SMILES string of the molecule is O=C1C=CC(O)OC1C1CC1. The molecule has 0 amide bonds. The van der Waals surface area contributed by atoms with Crippen molar-refractivity contribution in [2.24, 2.45) is 5.92 Å². The van der Waals surface area contributed by atoms with E-state index >= 15 is 0 Å². The van der Waals surface area contributed by atoms with Crippen LogP contribution in [0.4, 0.5) is 0 Å². The highest BCUT2D eigenvalue weighted by atomic mass is 16.6. The number of hydrogen-bond donors (Lipinski definition) is 1. The summed E-state index contributed by atoms with van der Waals surface area (Å²) in [6, 6.07) is 0. The fraction of sp³-hybridized carbons (Fsp3) is 0.625. The molecule has 3 nitrogen and oxygen atoms in total. The van der Waals surface area contributed by atoms with E-state index in [9.17, 15) is 4.79 Å². The third kappa shape index (κ3) is 1.34. The summed E-state index contributed by atoms with van der Waals surface area (Å²) in [6.07, 6.45) is 3.65. The predicted molar refractivity (Wildman–Crippen MR) is 37.8 cm³/mol. The summed E-state index contributed by atoms with van der Waals surface area (Å²) in [5, 5.41) is 9.01. The van der Waals surface area contributed by atoms with Crippen molar-refractivity contribution < 1.29 is 14.6 Å². The van der Waals surface area contributed by atoms with E-state index in [4.69, 9.17) is 9.84 Å². The van der Waals surface area contributed by atoms with Crippen LogP contribution in [0.5, 0.6) is 0 Å². The van der Waals surface area contributed by atoms with Crippen molar-refractivity contribution in [3.8, 4) is 0 Å². The van der Waals surface area contributed by atoms with Crippen LogP contribution in [0.15, 0.2) is 12.2 Å². The lowest BCUT2D eigenvalue weighted by molar-refractivity contribution is -0.150. The second-order valence-electron chi connectivity index (χ2n) is 3.05. The van der Waals surface area contributed by atoms with Crippen LogP contribution in [-0.4, -0.2) is 23.3 Å². The molecule has 0 saturated heterocycles. The van der Waals surface area contributed by atoms with E-state index in [2.05, 4.69) is 0 Å². The zero-order valence-electron chi connectivity index (χ0n) is 6.06. The number of carbonyl (C=O) groups is 1. The zero-order valence-corrected chi connectivity index (χ0v) is 6.06. The van der Waals surface area contributed by atoms with Gasteiger partial charge in [-0.3, -0.25) is 4.79 Å². The van der Waals surface area contributed by atoms with Crippen LogP contribution < -0.4 is 0 Å². The van der Waals surface area contributed by atoms with E-state index in [1.54, 1.807) is 0 Å². The Bertz CT molecular complexity index is 205. The minimum Gasteiger partial charge on any atom is -0.365 e. The number of ether oxygens (including phenoxy) is 1. The Morgan fingerprint density at radius 3 is 2.91 bits per heavy atom. The van der Waals surface area contributed by atoms with Crippen LogP contribution in [-0.2, 0) is 9.53 Å². The van der Waals surface area contributed by atoms with Gasteiger partial charge >= 0.3 is 0 Å². The molecule has 2 unspecified atom stereocenters. The van der Waals surface area contributed by atoms with Gasteiger partial charge in [0.25, 0.3) is 0 Å². The Kier molecular flexibility index (Phi) is 1.55. The Hall–Kier alpha value is -0.670. The van der Waals surface area contributed by atoms with Crippen molar-refractivity contribution >= 4 is 5.78 Å². The highest BCUT2D eigenvalue weighted by Gasteiger charge is 2.38. The zero-order chi connectivity index (χ0) is 7.84. The van der Waals surface area contributed by atoms with E-state index in [-0.39, 0.29) is 11.9 Å². The maximum absolute atomic E-state index is 11.1. The number of aliphatic hydroxyl groups excluding tert-OH is 1. The summed E-state index contributed by atoms with van der Waals surface area (Å²) in [7, 11) is 0. The van der Waals surface area contributed by atoms with Gasteiger partial charge in [-0.25, -0.2) is 0 Å². The molecular formula is C8H10O3. The minimum atomic E-state index is -0.877. The molecule has 60 valence electrons. The summed E-state index contributed by atoms with van der Waals surface area (Å²) in [6.45, 7) is 0. The van der Waals surface area contributed by atoms with Gasteiger partial charge in [0.05, 0.1) is 0 Å². The molecular weight excluding hydrogens is 144 g/mol. The molecule has 2 atom stereocenters. The first kappa shape index (κ1) is 7.00. The molecule has 0 spiro atoms. The predicted octanol–water partition coefficient (Wildman–Crippen LogP) is 0.239. The molecule has 1 aliphatic carbocycles. The molecule has 1 saturated carbocycles. The van der Waals surface area contributed by atoms with Gasteiger partial charge in [-0.2, -0.15) is 0 Å². The molecule has 11 heavy (non-hydrogen) atoms. The van der Waals surface area contributed by atoms with Crippen LogP contribution in [0.3, 0.4) is 0 Å². The van der Waals surface area contributed by atoms with E-state index in [1.165, 1.54) is 12.2 Å². The molecule has 2 rings (SSSR count). The smallest absolute Gasteiger partial charge is 0.184 e. The van der Waals surface area contributed by atoms with Crippen molar-refractivity contribution in [3.63, 3.8) is 0 Å².